The Kier molecular flexibility index (Phi) is 4.81. The second-order valence-corrected chi connectivity index (χ2v) is 6.21. The van der Waals surface area contributed by atoms with Gasteiger partial charge in [-0.1, -0.05) is 44.2 Å². The van der Waals surface area contributed by atoms with Gasteiger partial charge in [0.15, 0.2) is 0 Å². The molecular formula is C17H26N2O. The molecule has 0 spiro atoms. The van der Waals surface area contributed by atoms with Gasteiger partial charge in [0.25, 0.3) is 0 Å². The minimum atomic E-state index is -0.00145. The number of piperidine rings is 1. The number of likely N-dealkylation sites (tertiary alicyclic amines) is 1. The summed E-state index contributed by atoms with van der Waals surface area (Å²) in [6, 6.07) is 10.1. The fraction of sp³-hybridized carbons (Fsp3) is 0.588. The topological polar surface area (TPSA) is 46.3 Å². The lowest BCUT2D eigenvalue weighted by atomic mass is 9.80. The highest BCUT2D eigenvalue weighted by molar-refractivity contribution is 5.83. The molecule has 0 aromatic heterocycles. The molecule has 0 bridgehead atoms. The molecule has 2 N–H and O–H groups in total. The maximum Gasteiger partial charge on any atom is 0.230 e. The summed E-state index contributed by atoms with van der Waals surface area (Å²) in [6.07, 6.45) is 2.88. The third-order valence-electron chi connectivity index (χ3n) is 4.68. The highest BCUT2D eigenvalue weighted by atomic mass is 16.2. The van der Waals surface area contributed by atoms with E-state index in [1.807, 2.05) is 23.1 Å². The van der Waals surface area contributed by atoms with E-state index in [9.17, 15) is 4.79 Å². The molecule has 1 fully saturated rings. The van der Waals surface area contributed by atoms with Crippen LogP contribution in [0.25, 0.3) is 0 Å². The molecule has 20 heavy (non-hydrogen) atoms. The third kappa shape index (κ3) is 3.21. The van der Waals surface area contributed by atoms with Gasteiger partial charge in [0, 0.05) is 13.1 Å². The van der Waals surface area contributed by atoms with Crippen LogP contribution in [0.3, 0.4) is 0 Å². The number of hydrogen-bond donors (Lipinski definition) is 1. The summed E-state index contributed by atoms with van der Waals surface area (Å²) in [5.41, 5.74) is 7.18. The number of nitrogens with two attached hydrogens (primary N) is 1. The van der Waals surface area contributed by atoms with E-state index < -0.39 is 0 Å². The number of benzene rings is 1. The standard InChI is InChI=1S/C17H26N2O/c1-3-15(14-7-5-4-6-8-14)16(20)19-11-9-17(2,13-18)10-12-19/h4-8,15H,3,9-13,18H2,1-2H3. The van der Waals surface area contributed by atoms with Crippen molar-refractivity contribution in [2.45, 2.75) is 39.0 Å². The highest BCUT2D eigenvalue weighted by Gasteiger charge is 2.33. The first-order valence-electron chi connectivity index (χ1n) is 7.63. The molecule has 3 nitrogen and oxygen atoms in total. The van der Waals surface area contributed by atoms with Gasteiger partial charge in [-0.05, 0) is 36.8 Å². The molecule has 1 aliphatic heterocycles. The number of carbonyl (C=O) groups is 1. The Morgan fingerprint density at radius 2 is 1.90 bits per heavy atom. The first kappa shape index (κ1) is 15.0. The minimum absolute atomic E-state index is 0.00145. The monoisotopic (exact) mass is 274 g/mol. The van der Waals surface area contributed by atoms with E-state index in [4.69, 9.17) is 5.73 Å². The Labute approximate surface area is 122 Å². The zero-order chi connectivity index (χ0) is 14.6. The number of nitrogens with zero attached hydrogens (tertiary/aromatic N) is 1. The molecule has 1 heterocycles. The van der Waals surface area contributed by atoms with Gasteiger partial charge in [0.1, 0.15) is 0 Å². The molecule has 2 rings (SSSR count). The third-order valence-corrected chi connectivity index (χ3v) is 4.68. The van der Waals surface area contributed by atoms with Crippen LogP contribution < -0.4 is 5.73 Å². The Morgan fingerprint density at radius 3 is 2.40 bits per heavy atom. The van der Waals surface area contributed by atoms with Crippen molar-refractivity contribution in [2.75, 3.05) is 19.6 Å². The van der Waals surface area contributed by atoms with Gasteiger partial charge in [0.2, 0.25) is 5.91 Å². The van der Waals surface area contributed by atoms with Crippen LogP contribution in [0.5, 0.6) is 0 Å². The van der Waals surface area contributed by atoms with Gasteiger partial charge < -0.3 is 10.6 Å². The molecule has 1 amide bonds. The molecule has 0 radical (unpaired) electrons. The molecule has 3 heteroatoms. The van der Waals surface area contributed by atoms with Crippen molar-refractivity contribution in [1.82, 2.24) is 4.90 Å². The summed E-state index contributed by atoms with van der Waals surface area (Å²) in [4.78, 5) is 14.8. The molecule has 1 aromatic rings. The molecule has 1 aromatic carbocycles. The van der Waals surface area contributed by atoms with Crippen LogP contribution >= 0.6 is 0 Å². The first-order valence-corrected chi connectivity index (χ1v) is 7.63. The van der Waals surface area contributed by atoms with Crippen LogP contribution in [0.2, 0.25) is 0 Å². The van der Waals surface area contributed by atoms with E-state index in [1.165, 1.54) is 0 Å². The van der Waals surface area contributed by atoms with Gasteiger partial charge >= 0.3 is 0 Å². The number of hydrogen-bond acceptors (Lipinski definition) is 2. The number of amides is 1. The second-order valence-electron chi connectivity index (χ2n) is 6.21. The van der Waals surface area contributed by atoms with Gasteiger partial charge in [-0.25, -0.2) is 0 Å². The summed E-state index contributed by atoms with van der Waals surface area (Å²) < 4.78 is 0. The maximum atomic E-state index is 12.7. The predicted octanol–water partition coefficient (Wildman–Crippen LogP) is 2.77. The lowest BCUT2D eigenvalue weighted by Gasteiger charge is -2.39. The number of carbonyl (C=O) groups excluding carboxylic acids is 1. The van der Waals surface area contributed by atoms with Crippen LogP contribution in [0.1, 0.15) is 44.6 Å². The minimum Gasteiger partial charge on any atom is -0.342 e. The van der Waals surface area contributed by atoms with E-state index in [-0.39, 0.29) is 17.2 Å². The van der Waals surface area contributed by atoms with E-state index in [0.717, 1.165) is 37.9 Å². The van der Waals surface area contributed by atoms with Crippen molar-refractivity contribution < 1.29 is 4.79 Å². The van der Waals surface area contributed by atoms with E-state index in [2.05, 4.69) is 26.0 Å². The van der Waals surface area contributed by atoms with E-state index in [0.29, 0.717) is 6.54 Å². The molecule has 1 saturated heterocycles. The van der Waals surface area contributed by atoms with Crippen molar-refractivity contribution in [2.24, 2.45) is 11.1 Å². The fourth-order valence-electron chi connectivity index (χ4n) is 2.93. The summed E-state index contributed by atoms with van der Waals surface area (Å²) >= 11 is 0. The van der Waals surface area contributed by atoms with Gasteiger partial charge in [-0.3, -0.25) is 4.79 Å². The van der Waals surface area contributed by atoms with Gasteiger partial charge in [0.05, 0.1) is 5.92 Å². The second kappa shape index (κ2) is 6.40. The van der Waals surface area contributed by atoms with Crippen LogP contribution in [0.4, 0.5) is 0 Å². The summed E-state index contributed by atoms with van der Waals surface area (Å²) in [6.45, 7) is 6.71. The maximum absolute atomic E-state index is 12.7. The SMILES string of the molecule is CCC(C(=O)N1CCC(C)(CN)CC1)c1ccccc1. The first-order chi connectivity index (χ1) is 9.59. The molecule has 0 aliphatic carbocycles. The molecule has 1 unspecified atom stereocenters. The van der Waals surface area contributed by atoms with Crippen molar-refractivity contribution >= 4 is 5.91 Å². The zero-order valence-electron chi connectivity index (χ0n) is 12.6. The van der Waals surface area contributed by atoms with Gasteiger partial charge in [-0.2, -0.15) is 0 Å². The van der Waals surface area contributed by atoms with Crippen LogP contribution in [0, 0.1) is 5.41 Å². The van der Waals surface area contributed by atoms with Crippen molar-refractivity contribution in [3.05, 3.63) is 35.9 Å². The average Bonchev–Trinajstić information content (AvgIpc) is 2.50. The molecule has 1 atom stereocenters. The lowest BCUT2D eigenvalue weighted by molar-refractivity contribution is -0.135. The normalized spacial score (nSPS) is 19.6. The molecular weight excluding hydrogens is 248 g/mol. The summed E-state index contributed by atoms with van der Waals surface area (Å²) in [5.74, 6) is 0.274. The van der Waals surface area contributed by atoms with E-state index >= 15 is 0 Å². The zero-order valence-corrected chi connectivity index (χ0v) is 12.6. The van der Waals surface area contributed by atoms with Crippen LogP contribution in [0.15, 0.2) is 30.3 Å². The lowest BCUT2D eigenvalue weighted by Crippen LogP contribution is -2.46. The smallest absolute Gasteiger partial charge is 0.230 e. The Hall–Kier alpha value is -1.35. The van der Waals surface area contributed by atoms with Gasteiger partial charge in [-0.15, -0.1) is 0 Å². The highest BCUT2D eigenvalue weighted by Crippen LogP contribution is 2.31. The summed E-state index contributed by atoms with van der Waals surface area (Å²) in [7, 11) is 0. The molecule has 1 aliphatic rings. The fourth-order valence-corrected chi connectivity index (χ4v) is 2.93. The summed E-state index contributed by atoms with van der Waals surface area (Å²) in [5, 5.41) is 0. The number of rotatable bonds is 4. The Morgan fingerprint density at radius 1 is 1.30 bits per heavy atom. The molecule has 110 valence electrons. The quantitative estimate of drug-likeness (QED) is 0.917. The van der Waals surface area contributed by atoms with Crippen molar-refractivity contribution in [1.29, 1.82) is 0 Å². The average molecular weight is 274 g/mol. The predicted molar refractivity (Wildman–Crippen MR) is 82.4 cm³/mol. The Balaban J connectivity index is 2.04. The molecule has 0 saturated carbocycles. The van der Waals surface area contributed by atoms with Crippen molar-refractivity contribution in [3.63, 3.8) is 0 Å². The van der Waals surface area contributed by atoms with Crippen LogP contribution in [-0.4, -0.2) is 30.4 Å². The largest absolute Gasteiger partial charge is 0.342 e. The van der Waals surface area contributed by atoms with E-state index in [1.54, 1.807) is 0 Å². The van der Waals surface area contributed by atoms with Crippen LogP contribution in [-0.2, 0) is 4.79 Å². The Bertz CT molecular complexity index is 436. The van der Waals surface area contributed by atoms with Crippen molar-refractivity contribution in [3.8, 4) is 0 Å².